The van der Waals surface area contributed by atoms with Gasteiger partial charge in [-0.05, 0) is 72.5 Å². The summed E-state index contributed by atoms with van der Waals surface area (Å²) in [5.74, 6) is 9.75. The van der Waals surface area contributed by atoms with Crippen LogP contribution in [0.4, 0.5) is 0 Å². The molecule has 0 radical (unpaired) electrons. The SMILES string of the molecule is CC1CC(C2CCCCC2)CC1C1CCCCC1.CCC1CCCCCC(CC)C(C2CCCCC2)CC1. The maximum absolute atomic E-state index is 2.57. The molecule has 0 spiro atoms. The van der Waals surface area contributed by atoms with E-state index in [1.54, 1.807) is 57.8 Å². The Hall–Kier alpha value is 0. The molecule has 5 aliphatic carbocycles. The average molecular weight is 527 g/mol. The maximum atomic E-state index is 2.57. The van der Waals surface area contributed by atoms with Crippen LogP contribution >= 0.6 is 0 Å². The van der Waals surface area contributed by atoms with Crippen molar-refractivity contribution in [1.29, 1.82) is 0 Å². The summed E-state index contributed by atoms with van der Waals surface area (Å²) in [6, 6.07) is 0. The van der Waals surface area contributed by atoms with Gasteiger partial charge in [0.1, 0.15) is 0 Å². The molecule has 5 rings (SSSR count). The zero-order chi connectivity index (χ0) is 26.6. The smallest absolute Gasteiger partial charge is 0.0357 e. The predicted octanol–water partition coefficient (Wildman–Crippen LogP) is 12.8. The molecule has 0 bridgehead atoms. The van der Waals surface area contributed by atoms with Crippen molar-refractivity contribution >= 4 is 0 Å². The Morgan fingerprint density at radius 1 is 0.395 bits per heavy atom. The first-order chi connectivity index (χ1) is 18.7. The van der Waals surface area contributed by atoms with Crippen molar-refractivity contribution in [3.05, 3.63) is 0 Å². The number of hydrogen-bond acceptors (Lipinski definition) is 0. The summed E-state index contributed by atoms with van der Waals surface area (Å²) in [4.78, 5) is 0. The van der Waals surface area contributed by atoms with Crippen molar-refractivity contribution in [2.75, 3.05) is 0 Å². The predicted molar refractivity (Wildman–Crippen MR) is 168 cm³/mol. The van der Waals surface area contributed by atoms with E-state index in [9.17, 15) is 0 Å². The molecular weight excluding hydrogens is 456 g/mol. The van der Waals surface area contributed by atoms with Crippen LogP contribution in [-0.4, -0.2) is 0 Å². The molecule has 0 heteroatoms. The van der Waals surface area contributed by atoms with Crippen LogP contribution in [0.1, 0.15) is 188 Å². The van der Waals surface area contributed by atoms with Crippen LogP contribution < -0.4 is 0 Å². The van der Waals surface area contributed by atoms with E-state index < -0.39 is 0 Å². The van der Waals surface area contributed by atoms with E-state index in [2.05, 4.69) is 20.8 Å². The van der Waals surface area contributed by atoms with Gasteiger partial charge in [-0.15, -0.1) is 0 Å². The summed E-state index contributed by atoms with van der Waals surface area (Å²) in [7, 11) is 0. The van der Waals surface area contributed by atoms with E-state index in [1.807, 2.05) is 0 Å². The molecule has 0 N–H and O–H groups in total. The fourth-order valence-electron chi connectivity index (χ4n) is 10.7. The summed E-state index contributed by atoms with van der Waals surface area (Å²) >= 11 is 0. The van der Waals surface area contributed by atoms with Crippen molar-refractivity contribution in [3.8, 4) is 0 Å². The Morgan fingerprint density at radius 2 is 0.895 bits per heavy atom. The number of rotatable bonds is 5. The molecule has 0 aromatic carbocycles. The van der Waals surface area contributed by atoms with Crippen molar-refractivity contribution < 1.29 is 0 Å². The number of hydrogen-bond donors (Lipinski definition) is 0. The van der Waals surface area contributed by atoms with Crippen molar-refractivity contribution in [1.82, 2.24) is 0 Å². The minimum atomic E-state index is 1.04. The Morgan fingerprint density at radius 3 is 1.45 bits per heavy atom. The molecule has 222 valence electrons. The van der Waals surface area contributed by atoms with Crippen molar-refractivity contribution in [3.63, 3.8) is 0 Å². The van der Waals surface area contributed by atoms with Crippen LogP contribution in [0.15, 0.2) is 0 Å². The van der Waals surface area contributed by atoms with Crippen LogP contribution in [0.2, 0.25) is 0 Å². The van der Waals surface area contributed by atoms with Gasteiger partial charge in [-0.2, -0.15) is 0 Å². The monoisotopic (exact) mass is 527 g/mol. The summed E-state index contributed by atoms with van der Waals surface area (Å²) in [5, 5.41) is 0. The third-order valence-electron chi connectivity index (χ3n) is 13.1. The molecule has 0 aromatic heterocycles. The lowest BCUT2D eigenvalue weighted by atomic mass is 9.68. The molecule has 5 aliphatic rings. The second-order valence-electron chi connectivity index (χ2n) is 15.4. The molecule has 0 nitrogen and oxygen atoms in total. The fraction of sp³-hybridized carbons (Fsp3) is 1.00. The van der Waals surface area contributed by atoms with Gasteiger partial charge in [-0.3, -0.25) is 0 Å². The first-order valence-corrected chi connectivity index (χ1v) is 18.7. The molecule has 0 aromatic rings. The van der Waals surface area contributed by atoms with Gasteiger partial charge in [0.15, 0.2) is 0 Å². The molecule has 0 heterocycles. The van der Waals surface area contributed by atoms with E-state index in [4.69, 9.17) is 0 Å². The summed E-state index contributed by atoms with van der Waals surface area (Å²) in [6.07, 6.45) is 39.8. The van der Waals surface area contributed by atoms with Gasteiger partial charge in [0.05, 0.1) is 0 Å². The van der Waals surface area contributed by atoms with Crippen LogP contribution in [0.5, 0.6) is 0 Å². The van der Waals surface area contributed by atoms with E-state index in [0.717, 1.165) is 53.3 Å². The zero-order valence-electron chi connectivity index (χ0n) is 26.6. The van der Waals surface area contributed by atoms with Gasteiger partial charge >= 0.3 is 0 Å². The van der Waals surface area contributed by atoms with Gasteiger partial charge in [-0.25, -0.2) is 0 Å². The Labute approximate surface area is 240 Å². The highest BCUT2D eigenvalue weighted by Crippen LogP contribution is 2.50. The van der Waals surface area contributed by atoms with Crippen LogP contribution in [0.3, 0.4) is 0 Å². The molecule has 5 fully saturated rings. The van der Waals surface area contributed by atoms with E-state index in [-0.39, 0.29) is 0 Å². The van der Waals surface area contributed by atoms with E-state index >= 15 is 0 Å². The highest BCUT2D eigenvalue weighted by molar-refractivity contribution is 4.90. The van der Waals surface area contributed by atoms with E-state index in [0.29, 0.717) is 0 Å². The average Bonchev–Trinajstić information content (AvgIpc) is 3.38. The van der Waals surface area contributed by atoms with Gasteiger partial charge in [0, 0.05) is 0 Å². The standard InChI is InChI=1S/C20H38.C18H32/c1-3-17-11-7-5-8-12-18(4-2)20(16-15-17)19-13-9-6-10-14-19;1-14-12-17(15-8-4-2-5-9-15)13-18(14)16-10-6-3-7-11-16/h17-20H,3-16H2,1-2H3;14-18H,2-13H2,1H3. The lowest BCUT2D eigenvalue weighted by molar-refractivity contribution is 0.137. The minimum absolute atomic E-state index is 1.04. The summed E-state index contributed by atoms with van der Waals surface area (Å²) in [5.41, 5.74) is 0. The van der Waals surface area contributed by atoms with Gasteiger partial charge in [-0.1, -0.05) is 168 Å². The summed E-state index contributed by atoms with van der Waals surface area (Å²) in [6.45, 7) is 7.45. The molecule has 0 amide bonds. The molecule has 6 unspecified atom stereocenters. The quantitative estimate of drug-likeness (QED) is 0.334. The zero-order valence-corrected chi connectivity index (χ0v) is 26.6. The van der Waals surface area contributed by atoms with Gasteiger partial charge in [0.2, 0.25) is 0 Å². The fourth-order valence-corrected chi connectivity index (χ4v) is 10.7. The highest BCUT2D eigenvalue weighted by Gasteiger charge is 2.39. The molecule has 0 saturated heterocycles. The second-order valence-corrected chi connectivity index (χ2v) is 15.4. The van der Waals surface area contributed by atoms with Crippen LogP contribution in [0, 0.1) is 53.3 Å². The van der Waals surface area contributed by atoms with Gasteiger partial charge in [0.25, 0.3) is 0 Å². The third-order valence-corrected chi connectivity index (χ3v) is 13.1. The third kappa shape index (κ3) is 9.26. The Balaban J connectivity index is 0.000000178. The molecule has 38 heavy (non-hydrogen) atoms. The van der Waals surface area contributed by atoms with Crippen LogP contribution in [-0.2, 0) is 0 Å². The Bertz CT molecular complexity index is 589. The first kappa shape index (κ1) is 30.9. The van der Waals surface area contributed by atoms with Crippen LogP contribution in [0.25, 0.3) is 0 Å². The minimum Gasteiger partial charge on any atom is -0.0651 e. The molecule has 6 atom stereocenters. The normalized spacial score (nSPS) is 37.3. The largest absolute Gasteiger partial charge is 0.0651 e. The second kappa shape index (κ2) is 17.1. The molecule has 0 aliphatic heterocycles. The summed E-state index contributed by atoms with van der Waals surface area (Å²) < 4.78 is 0. The van der Waals surface area contributed by atoms with Gasteiger partial charge < -0.3 is 0 Å². The molecular formula is C38H70. The Kier molecular flexibility index (Phi) is 13.9. The lowest BCUT2D eigenvalue weighted by Gasteiger charge is -2.37. The lowest BCUT2D eigenvalue weighted by Crippen LogP contribution is -2.26. The van der Waals surface area contributed by atoms with Crippen molar-refractivity contribution in [2.45, 2.75) is 188 Å². The highest BCUT2D eigenvalue weighted by atomic mass is 14.4. The first-order valence-electron chi connectivity index (χ1n) is 18.7. The van der Waals surface area contributed by atoms with E-state index in [1.165, 1.54) is 109 Å². The molecule has 5 saturated carbocycles. The topological polar surface area (TPSA) is 0 Å². The maximum Gasteiger partial charge on any atom is -0.0357 e. The van der Waals surface area contributed by atoms with Crippen molar-refractivity contribution in [2.24, 2.45) is 53.3 Å².